The molecular weight excluding hydrogens is 297 g/mol. The minimum atomic E-state index is 0.160. The van der Waals surface area contributed by atoms with Crippen LogP contribution >= 0.6 is 23.2 Å². The van der Waals surface area contributed by atoms with E-state index in [-0.39, 0.29) is 16.7 Å². The summed E-state index contributed by atoms with van der Waals surface area (Å²) in [6, 6.07) is 11.2. The lowest BCUT2D eigenvalue weighted by Crippen LogP contribution is -1.97. The van der Waals surface area contributed by atoms with Crippen LogP contribution in [0.5, 0.6) is 11.6 Å². The first-order chi connectivity index (χ1) is 9.66. The minimum Gasteiger partial charge on any atom is -0.436 e. The molecule has 4 nitrogen and oxygen atoms in total. The molecule has 0 aliphatic rings. The lowest BCUT2D eigenvalue weighted by atomic mass is 10.1. The van der Waals surface area contributed by atoms with Gasteiger partial charge in [-0.1, -0.05) is 47.5 Å². The molecule has 3 rings (SSSR count). The Morgan fingerprint density at radius 3 is 2.50 bits per heavy atom. The van der Waals surface area contributed by atoms with Gasteiger partial charge in [0.1, 0.15) is 17.8 Å². The second kappa shape index (κ2) is 5.15. The van der Waals surface area contributed by atoms with Crippen molar-refractivity contribution in [3.05, 3.63) is 52.9 Å². The monoisotopic (exact) mass is 305 g/mol. The molecule has 2 aromatic carbocycles. The van der Waals surface area contributed by atoms with E-state index in [0.29, 0.717) is 10.8 Å². The van der Waals surface area contributed by atoms with Crippen molar-refractivity contribution in [2.45, 2.75) is 0 Å². The van der Waals surface area contributed by atoms with E-state index in [9.17, 15) is 0 Å². The van der Waals surface area contributed by atoms with Gasteiger partial charge in [-0.05, 0) is 12.1 Å². The molecule has 1 aromatic heterocycles. The highest BCUT2D eigenvalue weighted by atomic mass is 35.5. The zero-order chi connectivity index (χ0) is 14.1. The van der Waals surface area contributed by atoms with Gasteiger partial charge >= 0.3 is 0 Å². The molecule has 0 aliphatic carbocycles. The van der Waals surface area contributed by atoms with Gasteiger partial charge in [0.2, 0.25) is 5.88 Å². The zero-order valence-corrected chi connectivity index (χ0v) is 11.7. The van der Waals surface area contributed by atoms with Crippen molar-refractivity contribution in [3.63, 3.8) is 0 Å². The second-order valence-electron chi connectivity index (χ2n) is 4.08. The maximum atomic E-state index is 6.16. The van der Waals surface area contributed by atoms with Gasteiger partial charge < -0.3 is 10.5 Å². The van der Waals surface area contributed by atoms with E-state index >= 15 is 0 Å². The minimum absolute atomic E-state index is 0.160. The third kappa shape index (κ3) is 2.24. The number of fused-ring (bicyclic) bond motifs is 1. The first kappa shape index (κ1) is 13.0. The molecule has 0 spiro atoms. The molecule has 100 valence electrons. The molecule has 6 heteroatoms. The van der Waals surface area contributed by atoms with Crippen LogP contribution in [0.4, 0.5) is 5.69 Å². The zero-order valence-electron chi connectivity index (χ0n) is 10.2. The molecule has 0 radical (unpaired) electrons. The Kier molecular flexibility index (Phi) is 3.34. The van der Waals surface area contributed by atoms with Gasteiger partial charge in [-0.2, -0.15) is 4.98 Å². The fourth-order valence-corrected chi connectivity index (χ4v) is 2.22. The molecule has 3 aromatic rings. The third-order valence-corrected chi connectivity index (χ3v) is 3.47. The van der Waals surface area contributed by atoms with E-state index in [1.165, 1.54) is 6.33 Å². The summed E-state index contributed by atoms with van der Waals surface area (Å²) in [4.78, 5) is 7.77. The quantitative estimate of drug-likeness (QED) is 0.717. The summed E-state index contributed by atoms with van der Waals surface area (Å²) in [5.74, 6) is 0.823. The average molecular weight is 306 g/mol. The first-order valence-corrected chi connectivity index (χ1v) is 6.53. The van der Waals surface area contributed by atoms with E-state index < -0.39 is 0 Å². The normalized spacial score (nSPS) is 10.7. The number of rotatable bonds is 2. The number of hydrogen-bond acceptors (Lipinski definition) is 4. The average Bonchev–Trinajstić information content (AvgIpc) is 2.47. The highest BCUT2D eigenvalue weighted by Gasteiger charge is 2.11. The Bertz CT molecular complexity index is 792. The number of nitrogens with two attached hydrogens (primary N) is 1. The molecule has 0 amide bonds. The molecule has 2 N–H and O–H groups in total. The smallest absolute Gasteiger partial charge is 0.247 e. The molecule has 0 aliphatic heterocycles. The van der Waals surface area contributed by atoms with Crippen LogP contribution in [0.3, 0.4) is 0 Å². The topological polar surface area (TPSA) is 61.0 Å². The van der Waals surface area contributed by atoms with Crippen molar-refractivity contribution in [3.8, 4) is 11.6 Å². The van der Waals surface area contributed by atoms with Gasteiger partial charge in [-0.15, -0.1) is 0 Å². The van der Waals surface area contributed by atoms with Crippen LogP contribution in [0.15, 0.2) is 42.7 Å². The molecule has 0 atom stereocenters. The van der Waals surface area contributed by atoms with E-state index in [0.717, 1.165) is 10.8 Å². The van der Waals surface area contributed by atoms with Crippen LogP contribution in [0.2, 0.25) is 10.2 Å². The van der Waals surface area contributed by atoms with Crippen LogP contribution in [-0.2, 0) is 0 Å². The van der Waals surface area contributed by atoms with Crippen LogP contribution in [0.1, 0.15) is 0 Å². The van der Waals surface area contributed by atoms with Crippen molar-refractivity contribution in [1.29, 1.82) is 0 Å². The maximum absolute atomic E-state index is 6.16. The van der Waals surface area contributed by atoms with Crippen LogP contribution in [0.25, 0.3) is 10.8 Å². The number of nitrogens with zero attached hydrogens (tertiary/aromatic N) is 2. The van der Waals surface area contributed by atoms with Crippen molar-refractivity contribution < 1.29 is 4.74 Å². The van der Waals surface area contributed by atoms with Crippen molar-refractivity contribution in [2.75, 3.05) is 5.73 Å². The standard InChI is InChI=1S/C14H9Cl2N3O/c15-10-5-6-11(9-4-2-1-3-8(9)10)20-14-12(17)13(16)18-7-19-14/h1-7H,17H2. The summed E-state index contributed by atoms with van der Waals surface area (Å²) in [7, 11) is 0. The van der Waals surface area contributed by atoms with Crippen molar-refractivity contribution >= 4 is 39.7 Å². The van der Waals surface area contributed by atoms with Crippen LogP contribution in [-0.4, -0.2) is 9.97 Å². The Morgan fingerprint density at radius 2 is 1.70 bits per heavy atom. The highest BCUT2D eigenvalue weighted by molar-refractivity contribution is 6.35. The van der Waals surface area contributed by atoms with Crippen LogP contribution < -0.4 is 10.5 Å². The summed E-state index contributed by atoms with van der Waals surface area (Å²) in [5, 5.41) is 2.58. The molecular formula is C14H9Cl2N3O. The molecule has 0 bridgehead atoms. The number of benzene rings is 2. The fourth-order valence-electron chi connectivity index (χ4n) is 1.87. The molecule has 0 fully saturated rings. The number of halogens is 2. The number of aromatic nitrogens is 2. The number of hydrogen-bond donors (Lipinski definition) is 1. The Balaban J connectivity index is 2.12. The number of ether oxygens (including phenoxy) is 1. The Morgan fingerprint density at radius 1 is 0.950 bits per heavy atom. The van der Waals surface area contributed by atoms with E-state index in [1.807, 2.05) is 24.3 Å². The van der Waals surface area contributed by atoms with Gasteiger partial charge in [0.15, 0.2) is 5.15 Å². The Labute approximate surface area is 125 Å². The van der Waals surface area contributed by atoms with Gasteiger partial charge in [0, 0.05) is 15.8 Å². The highest BCUT2D eigenvalue weighted by Crippen LogP contribution is 2.35. The van der Waals surface area contributed by atoms with Crippen molar-refractivity contribution in [2.24, 2.45) is 0 Å². The third-order valence-electron chi connectivity index (χ3n) is 2.84. The van der Waals surface area contributed by atoms with Gasteiger partial charge in [-0.25, -0.2) is 4.98 Å². The van der Waals surface area contributed by atoms with Crippen molar-refractivity contribution in [1.82, 2.24) is 9.97 Å². The lowest BCUT2D eigenvalue weighted by Gasteiger charge is -2.10. The molecule has 0 unspecified atom stereocenters. The first-order valence-electron chi connectivity index (χ1n) is 5.78. The number of anilines is 1. The molecule has 0 saturated carbocycles. The van der Waals surface area contributed by atoms with Gasteiger partial charge in [0.25, 0.3) is 0 Å². The predicted molar refractivity (Wildman–Crippen MR) is 80.5 cm³/mol. The summed E-state index contributed by atoms with van der Waals surface area (Å²) in [6.45, 7) is 0. The molecule has 1 heterocycles. The maximum Gasteiger partial charge on any atom is 0.247 e. The molecule has 0 saturated heterocycles. The van der Waals surface area contributed by atoms with Gasteiger partial charge in [0.05, 0.1) is 0 Å². The number of nitrogen functional groups attached to an aromatic ring is 1. The lowest BCUT2D eigenvalue weighted by molar-refractivity contribution is 0.469. The van der Waals surface area contributed by atoms with E-state index in [1.54, 1.807) is 12.1 Å². The van der Waals surface area contributed by atoms with E-state index in [4.69, 9.17) is 33.7 Å². The van der Waals surface area contributed by atoms with Gasteiger partial charge in [-0.3, -0.25) is 0 Å². The summed E-state index contributed by atoms with van der Waals surface area (Å²) >= 11 is 12.0. The largest absolute Gasteiger partial charge is 0.436 e. The Hall–Kier alpha value is -2.04. The predicted octanol–water partition coefficient (Wildman–Crippen LogP) is 4.31. The summed E-state index contributed by atoms with van der Waals surface area (Å²) < 4.78 is 5.74. The fraction of sp³-hybridized carbons (Fsp3) is 0. The summed E-state index contributed by atoms with van der Waals surface area (Å²) in [5.41, 5.74) is 6.00. The van der Waals surface area contributed by atoms with Crippen LogP contribution in [0, 0.1) is 0 Å². The SMILES string of the molecule is Nc1c(Cl)ncnc1Oc1ccc(Cl)c2ccccc12. The molecule has 20 heavy (non-hydrogen) atoms. The van der Waals surface area contributed by atoms with E-state index in [2.05, 4.69) is 9.97 Å². The summed E-state index contributed by atoms with van der Waals surface area (Å²) in [6.07, 6.45) is 1.30. The second-order valence-corrected chi connectivity index (χ2v) is 4.84.